The lowest BCUT2D eigenvalue weighted by molar-refractivity contribution is -0.132. The molecule has 1 aromatic rings. The first-order valence-corrected chi connectivity index (χ1v) is 12.5. The molecule has 3 nitrogen and oxygen atoms in total. The summed E-state index contributed by atoms with van der Waals surface area (Å²) < 4.78 is 0. The molecule has 0 saturated heterocycles. The Balaban J connectivity index is 1.38. The normalized spacial score (nSPS) is 44.8. The van der Waals surface area contributed by atoms with Gasteiger partial charge in [-0.2, -0.15) is 0 Å². The van der Waals surface area contributed by atoms with Crippen LogP contribution in [-0.4, -0.2) is 15.9 Å². The fraction of sp³-hybridized carbons (Fsp3) is 0.654. The van der Waals surface area contributed by atoms with Gasteiger partial charge in [0.2, 0.25) is 0 Å². The van der Waals surface area contributed by atoms with Gasteiger partial charge in [0.25, 0.3) is 0 Å². The lowest BCUT2D eigenvalue weighted by Gasteiger charge is -2.59. The summed E-state index contributed by atoms with van der Waals surface area (Å²) in [5, 5.41) is 1.14. The molecule has 4 heteroatoms. The Labute approximate surface area is 184 Å². The summed E-state index contributed by atoms with van der Waals surface area (Å²) in [5.74, 6) is 3.07. The molecule has 1 aromatic heterocycles. The van der Waals surface area contributed by atoms with Crippen molar-refractivity contribution < 1.29 is 9.59 Å². The van der Waals surface area contributed by atoms with Crippen molar-refractivity contribution in [1.82, 2.24) is 4.98 Å². The average molecular weight is 424 g/mol. The van der Waals surface area contributed by atoms with E-state index in [1.165, 1.54) is 31.0 Å². The van der Waals surface area contributed by atoms with Crippen molar-refractivity contribution in [1.29, 1.82) is 0 Å². The van der Waals surface area contributed by atoms with Gasteiger partial charge in [-0.05, 0) is 103 Å². The molecule has 1 heterocycles. The highest BCUT2D eigenvalue weighted by molar-refractivity contribution is 8.13. The number of carbonyl (C=O) groups is 2. The van der Waals surface area contributed by atoms with Gasteiger partial charge in [0.15, 0.2) is 10.9 Å². The van der Waals surface area contributed by atoms with Crippen LogP contribution in [0.1, 0.15) is 59.3 Å². The van der Waals surface area contributed by atoms with Gasteiger partial charge in [0.1, 0.15) is 5.03 Å². The van der Waals surface area contributed by atoms with E-state index in [2.05, 4.69) is 31.8 Å². The van der Waals surface area contributed by atoms with E-state index in [1.807, 2.05) is 24.3 Å². The first kappa shape index (κ1) is 20.5. The predicted molar refractivity (Wildman–Crippen MR) is 120 cm³/mol. The molecule has 0 aromatic carbocycles. The molecule has 160 valence electrons. The zero-order valence-corrected chi connectivity index (χ0v) is 19.2. The molecular formula is C26H33NO2S. The van der Waals surface area contributed by atoms with Crippen LogP contribution in [0.2, 0.25) is 0 Å². The van der Waals surface area contributed by atoms with Gasteiger partial charge in [-0.1, -0.05) is 32.9 Å². The summed E-state index contributed by atoms with van der Waals surface area (Å²) in [6, 6.07) is 5.79. The average Bonchev–Trinajstić information content (AvgIpc) is 3.09. The van der Waals surface area contributed by atoms with Gasteiger partial charge in [-0.15, -0.1) is 0 Å². The number of fused-ring (bicyclic) bond motifs is 5. The number of allylic oxidation sites excluding steroid dienone is 2. The Kier molecular flexibility index (Phi) is 5.00. The van der Waals surface area contributed by atoms with Gasteiger partial charge in [-0.25, -0.2) is 4.98 Å². The van der Waals surface area contributed by atoms with Crippen LogP contribution in [0.4, 0.5) is 0 Å². The number of nitrogens with zero attached hydrogens (tertiary/aromatic N) is 1. The number of hydrogen-bond donors (Lipinski definition) is 0. The third-order valence-corrected chi connectivity index (χ3v) is 10.6. The third kappa shape index (κ3) is 2.97. The van der Waals surface area contributed by atoms with Crippen molar-refractivity contribution in [3.05, 3.63) is 36.5 Å². The highest BCUT2D eigenvalue weighted by Crippen LogP contribution is 2.67. The Hall–Kier alpha value is -1.42. The number of pyridine rings is 1. The molecule has 4 aliphatic rings. The Morgan fingerprint density at radius 3 is 2.63 bits per heavy atom. The van der Waals surface area contributed by atoms with E-state index in [4.69, 9.17) is 0 Å². The summed E-state index contributed by atoms with van der Waals surface area (Å²) in [4.78, 5) is 30.0. The Bertz CT molecular complexity index is 882. The minimum absolute atomic E-state index is 0.114. The summed E-state index contributed by atoms with van der Waals surface area (Å²) in [6.45, 7) is 6.96. The van der Waals surface area contributed by atoms with Crippen molar-refractivity contribution in [2.75, 3.05) is 0 Å². The van der Waals surface area contributed by atoms with Crippen LogP contribution in [0, 0.1) is 46.3 Å². The predicted octanol–water partition coefficient (Wildman–Crippen LogP) is 5.95. The molecule has 3 fully saturated rings. The SMILES string of the molecule is CC1C(=O)C=C[C@@]2(C)[C@H]1CC[C@@H]1[C@@H]2CC[C@]2(C)[C@@H](C(=O)Sc3ccccn3)CC[C@@H]12. The maximum atomic E-state index is 13.3. The molecule has 8 atom stereocenters. The quantitative estimate of drug-likeness (QED) is 0.552. The van der Waals surface area contributed by atoms with E-state index >= 15 is 0 Å². The molecule has 5 rings (SSSR count). The van der Waals surface area contributed by atoms with Gasteiger partial charge in [0, 0.05) is 18.0 Å². The molecule has 3 saturated carbocycles. The van der Waals surface area contributed by atoms with Crippen LogP contribution < -0.4 is 0 Å². The summed E-state index contributed by atoms with van der Waals surface area (Å²) in [6.07, 6.45) is 12.8. The second-order valence-electron chi connectivity index (χ2n) is 10.7. The van der Waals surface area contributed by atoms with Crippen molar-refractivity contribution in [2.45, 2.75) is 64.3 Å². The first-order valence-electron chi connectivity index (χ1n) is 11.7. The number of rotatable bonds is 2. The number of ketones is 1. The van der Waals surface area contributed by atoms with E-state index in [1.54, 1.807) is 6.20 Å². The van der Waals surface area contributed by atoms with Crippen LogP contribution >= 0.6 is 11.8 Å². The zero-order chi connectivity index (χ0) is 21.1. The smallest absolute Gasteiger partial charge is 0.198 e. The second-order valence-corrected chi connectivity index (χ2v) is 11.7. The van der Waals surface area contributed by atoms with E-state index in [9.17, 15) is 9.59 Å². The molecule has 0 amide bonds. The van der Waals surface area contributed by atoms with Gasteiger partial charge >= 0.3 is 0 Å². The minimum atomic E-state index is 0.114. The molecule has 0 bridgehead atoms. The number of hydrogen-bond acceptors (Lipinski definition) is 4. The molecule has 1 unspecified atom stereocenters. The monoisotopic (exact) mass is 423 g/mol. The van der Waals surface area contributed by atoms with Crippen LogP contribution in [-0.2, 0) is 9.59 Å². The number of aromatic nitrogens is 1. The van der Waals surface area contributed by atoms with Gasteiger partial charge in [0.05, 0.1) is 0 Å². The van der Waals surface area contributed by atoms with E-state index in [0.717, 1.165) is 24.3 Å². The van der Waals surface area contributed by atoms with Gasteiger partial charge < -0.3 is 0 Å². The maximum absolute atomic E-state index is 13.3. The number of thioether (sulfide) groups is 1. The van der Waals surface area contributed by atoms with E-state index in [0.29, 0.717) is 34.6 Å². The summed E-state index contributed by atoms with van der Waals surface area (Å²) in [7, 11) is 0. The minimum Gasteiger partial charge on any atom is -0.295 e. The Morgan fingerprint density at radius 2 is 1.87 bits per heavy atom. The lowest BCUT2D eigenvalue weighted by Crippen LogP contribution is -2.54. The standard InChI is InChI=1S/C26H33NO2S/c1-16-18-8-7-17-19-9-10-21(24(29)30-23-6-4-5-15-27-23)26(19,3)13-11-20(17)25(18,2)14-12-22(16)28/h4-6,12,14-21H,7-11,13H2,1-3H3/t16?,17-,18-,19-,20-,21+,25-,26-/m0/s1. The summed E-state index contributed by atoms with van der Waals surface area (Å²) in [5.41, 5.74) is 0.255. The highest BCUT2D eigenvalue weighted by Gasteiger charge is 2.61. The zero-order valence-electron chi connectivity index (χ0n) is 18.3. The molecule has 0 radical (unpaired) electrons. The second kappa shape index (κ2) is 7.32. The maximum Gasteiger partial charge on any atom is 0.198 e. The largest absolute Gasteiger partial charge is 0.295 e. The van der Waals surface area contributed by atoms with Crippen LogP contribution in [0.15, 0.2) is 41.6 Å². The fourth-order valence-electron chi connectivity index (χ4n) is 8.04. The van der Waals surface area contributed by atoms with E-state index < -0.39 is 0 Å². The van der Waals surface area contributed by atoms with Gasteiger partial charge in [-0.3, -0.25) is 9.59 Å². The molecule has 30 heavy (non-hydrogen) atoms. The topological polar surface area (TPSA) is 47.0 Å². The molecule has 0 N–H and O–H groups in total. The van der Waals surface area contributed by atoms with Crippen molar-refractivity contribution >= 4 is 22.7 Å². The lowest BCUT2D eigenvalue weighted by atomic mass is 9.45. The molecule has 0 spiro atoms. The van der Waals surface area contributed by atoms with Crippen molar-refractivity contribution in [3.63, 3.8) is 0 Å². The van der Waals surface area contributed by atoms with E-state index in [-0.39, 0.29) is 22.7 Å². The summed E-state index contributed by atoms with van der Waals surface area (Å²) >= 11 is 1.34. The van der Waals surface area contributed by atoms with Crippen molar-refractivity contribution in [2.24, 2.45) is 46.3 Å². The van der Waals surface area contributed by atoms with Crippen LogP contribution in [0.25, 0.3) is 0 Å². The fourth-order valence-corrected chi connectivity index (χ4v) is 9.03. The van der Waals surface area contributed by atoms with Crippen molar-refractivity contribution in [3.8, 4) is 0 Å². The number of carbonyl (C=O) groups excluding carboxylic acids is 2. The first-order chi connectivity index (χ1) is 14.3. The molecule has 0 aliphatic heterocycles. The van der Waals surface area contributed by atoms with Crippen LogP contribution in [0.3, 0.4) is 0 Å². The molecule has 4 aliphatic carbocycles. The Morgan fingerprint density at radius 1 is 1.07 bits per heavy atom. The van der Waals surface area contributed by atoms with Crippen LogP contribution in [0.5, 0.6) is 0 Å². The highest BCUT2D eigenvalue weighted by atomic mass is 32.2. The molecular weight excluding hydrogens is 390 g/mol. The third-order valence-electron chi connectivity index (χ3n) is 9.63.